The third-order valence-electron chi connectivity index (χ3n) is 1.40. The molecule has 1 unspecified atom stereocenters. The standard InChI is InChI=1S/C7H7NO4/c1-3(9)6-7(12)4(10)2-5(11)8-6/h2,7,10,12H,1H3. The van der Waals surface area contributed by atoms with Crippen molar-refractivity contribution in [1.29, 1.82) is 0 Å². The summed E-state index contributed by atoms with van der Waals surface area (Å²) in [6, 6.07) is 0. The number of carbonyl (C=O) groups excluding carboxylic acids is 2. The summed E-state index contributed by atoms with van der Waals surface area (Å²) < 4.78 is 0. The predicted octanol–water partition coefficient (Wildman–Crippen LogP) is -0.641. The summed E-state index contributed by atoms with van der Waals surface area (Å²) >= 11 is 0. The molecule has 64 valence electrons. The lowest BCUT2D eigenvalue weighted by molar-refractivity contribution is -0.115. The SMILES string of the molecule is CC(=O)C1=NC(=O)C=C(O)C1O. The number of aliphatic hydroxyl groups is 2. The summed E-state index contributed by atoms with van der Waals surface area (Å²) in [5.41, 5.74) is -0.319. The Morgan fingerprint density at radius 3 is 2.75 bits per heavy atom. The van der Waals surface area contributed by atoms with E-state index >= 15 is 0 Å². The van der Waals surface area contributed by atoms with Gasteiger partial charge in [0, 0.05) is 13.0 Å². The number of nitrogens with zero attached hydrogens (tertiary/aromatic N) is 1. The van der Waals surface area contributed by atoms with Crippen LogP contribution < -0.4 is 0 Å². The van der Waals surface area contributed by atoms with Gasteiger partial charge in [-0.05, 0) is 0 Å². The largest absolute Gasteiger partial charge is 0.509 e. The maximum absolute atomic E-state index is 10.7. The summed E-state index contributed by atoms with van der Waals surface area (Å²) in [7, 11) is 0. The number of amides is 1. The Bertz CT molecular complexity index is 303. The highest BCUT2D eigenvalue weighted by atomic mass is 16.3. The van der Waals surface area contributed by atoms with Crippen molar-refractivity contribution in [1.82, 2.24) is 0 Å². The minimum Gasteiger partial charge on any atom is -0.509 e. The number of aliphatic hydroxyl groups excluding tert-OH is 2. The van der Waals surface area contributed by atoms with Crippen LogP contribution >= 0.6 is 0 Å². The van der Waals surface area contributed by atoms with Crippen molar-refractivity contribution in [3.63, 3.8) is 0 Å². The minimum atomic E-state index is -1.46. The highest BCUT2D eigenvalue weighted by Crippen LogP contribution is 2.08. The van der Waals surface area contributed by atoms with Crippen LogP contribution in [0, 0.1) is 0 Å². The molecule has 0 saturated carbocycles. The zero-order valence-corrected chi connectivity index (χ0v) is 6.31. The molecule has 1 aliphatic heterocycles. The molecule has 1 heterocycles. The number of carbonyl (C=O) groups is 2. The average molecular weight is 169 g/mol. The first-order valence-corrected chi connectivity index (χ1v) is 3.24. The Labute approximate surface area is 68.0 Å². The second-order valence-electron chi connectivity index (χ2n) is 2.36. The molecule has 0 fully saturated rings. The van der Waals surface area contributed by atoms with Crippen molar-refractivity contribution in [2.75, 3.05) is 0 Å². The Hall–Kier alpha value is -1.49. The van der Waals surface area contributed by atoms with E-state index in [4.69, 9.17) is 10.2 Å². The zero-order valence-electron chi connectivity index (χ0n) is 6.31. The van der Waals surface area contributed by atoms with Crippen molar-refractivity contribution in [2.45, 2.75) is 13.0 Å². The second-order valence-corrected chi connectivity index (χ2v) is 2.36. The zero-order chi connectivity index (χ0) is 9.30. The van der Waals surface area contributed by atoms with Gasteiger partial charge in [-0.1, -0.05) is 0 Å². The molecule has 0 bridgehead atoms. The molecular weight excluding hydrogens is 162 g/mol. The van der Waals surface area contributed by atoms with E-state index in [1.165, 1.54) is 0 Å². The van der Waals surface area contributed by atoms with Gasteiger partial charge >= 0.3 is 0 Å². The fourth-order valence-corrected chi connectivity index (χ4v) is 0.829. The number of dihydropyridines is 1. The molecule has 0 saturated heterocycles. The highest BCUT2D eigenvalue weighted by Gasteiger charge is 2.26. The van der Waals surface area contributed by atoms with Crippen LogP contribution in [0.5, 0.6) is 0 Å². The van der Waals surface area contributed by atoms with Crippen molar-refractivity contribution in [3.05, 3.63) is 11.8 Å². The first-order valence-electron chi connectivity index (χ1n) is 3.24. The molecule has 0 spiro atoms. The fourth-order valence-electron chi connectivity index (χ4n) is 0.829. The predicted molar refractivity (Wildman–Crippen MR) is 39.8 cm³/mol. The molecule has 0 aromatic carbocycles. The summed E-state index contributed by atoms with van der Waals surface area (Å²) in [4.78, 5) is 24.6. The number of hydrogen-bond acceptors (Lipinski definition) is 4. The van der Waals surface area contributed by atoms with Gasteiger partial charge in [-0.15, -0.1) is 0 Å². The molecule has 1 rings (SSSR count). The molecule has 0 radical (unpaired) electrons. The summed E-state index contributed by atoms with van der Waals surface area (Å²) in [5.74, 6) is -1.81. The van der Waals surface area contributed by atoms with E-state index in [0.717, 1.165) is 13.0 Å². The Morgan fingerprint density at radius 2 is 2.25 bits per heavy atom. The van der Waals surface area contributed by atoms with Crippen molar-refractivity contribution in [3.8, 4) is 0 Å². The third kappa shape index (κ3) is 1.40. The lowest BCUT2D eigenvalue weighted by Crippen LogP contribution is -2.32. The second kappa shape index (κ2) is 2.86. The van der Waals surface area contributed by atoms with E-state index in [1.807, 2.05) is 0 Å². The number of rotatable bonds is 1. The van der Waals surface area contributed by atoms with Crippen molar-refractivity contribution in [2.24, 2.45) is 4.99 Å². The number of Topliss-reactive ketones (excluding diaryl/α,β-unsaturated/α-hetero) is 1. The maximum Gasteiger partial charge on any atom is 0.273 e. The molecule has 1 amide bonds. The van der Waals surface area contributed by atoms with Gasteiger partial charge in [0.15, 0.2) is 11.9 Å². The summed E-state index contributed by atoms with van der Waals surface area (Å²) in [6.45, 7) is 1.16. The van der Waals surface area contributed by atoms with Crippen molar-refractivity contribution >= 4 is 17.4 Å². The minimum absolute atomic E-state index is 0.319. The molecule has 5 nitrogen and oxygen atoms in total. The van der Waals surface area contributed by atoms with Gasteiger partial charge in [0.05, 0.1) is 0 Å². The van der Waals surface area contributed by atoms with Gasteiger partial charge in [-0.2, -0.15) is 0 Å². The van der Waals surface area contributed by atoms with Gasteiger partial charge in [-0.3, -0.25) is 9.59 Å². The topological polar surface area (TPSA) is 87.0 Å². The molecule has 0 aliphatic carbocycles. The molecule has 1 aliphatic rings. The smallest absolute Gasteiger partial charge is 0.273 e. The van der Waals surface area contributed by atoms with Crippen LogP contribution in [0.1, 0.15) is 6.92 Å². The monoisotopic (exact) mass is 169 g/mol. The van der Waals surface area contributed by atoms with E-state index in [9.17, 15) is 9.59 Å². The Kier molecular flexibility index (Phi) is 2.05. The van der Waals surface area contributed by atoms with Gasteiger partial charge in [-0.25, -0.2) is 4.99 Å². The van der Waals surface area contributed by atoms with Gasteiger partial charge < -0.3 is 10.2 Å². The number of ketones is 1. The van der Waals surface area contributed by atoms with E-state index in [0.29, 0.717) is 0 Å². The molecule has 0 aromatic rings. The maximum atomic E-state index is 10.7. The molecule has 1 atom stereocenters. The van der Waals surface area contributed by atoms with Crippen molar-refractivity contribution < 1.29 is 19.8 Å². The van der Waals surface area contributed by atoms with Gasteiger partial charge in [0.25, 0.3) is 5.91 Å². The molecule has 0 aromatic heterocycles. The first kappa shape index (κ1) is 8.61. The van der Waals surface area contributed by atoms with Crippen LogP contribution in [0.2, 0.25) is 0 Å². The number of aliphatic imine (C=N–C) groups is 1. The van der Waals surface area contributed by atoms with E-state index < -0.39 is 23.6 Å². The third-order valence-corrected chi connectivity index (χ3v) is 1.40. The van der Waals surface area contributed by atoms with Crippen LogP contribution in [0.4, 0.5) is 0 Å². The molecule has 12 heavy (non-hydrogen) atoms. The fraction of sp³-hybridized carbons (Fsp3) is 0.286. The van der Waals surface area contributed by atoms with Gasteiger partial charge in [0.1, 0.15) is 11.5 Å². The highest BCUT2D eigenvalue weighted by molar-refractivity contribution is 6.43. The van der Waals surface area contributed by atoms with E-state index in [-0.39, 0.29) is 5.71 Å². The quantitative estimate of drug-likeness (QED) is 0.546. The normalized spacial score (nSPS) is 23.2. The summed E-state index contributed by atoms with van der Waals surface area (Å²) in [5, 5.41) is 18.0. The van der Waals surface area contributed by atoms with Crippen LogP contribution in [0.25, 0.3) is 0 Å². The molecular formula is C7H7NO4. The van der Waals surface area contributed by atoms with Gasteiger partial charge in [0.2, 0.25) is 0 Å². The molecule has 5 heteroatoms. The summed E-state index contributed by atoms with van der Waals surface area (Å²) in [6.07, 6.45) is -0.683. The lowest BCUT2D eigenvalue weighted by atomic mass is 10.1. The van der Waals surface area contributed by atoms with Crippen LogP contribution in [-0.4, -0.2) is 33.7 Å². The Morgan fingerprint density at radius 1 is 1.67 bits per heavy atom. The first-order chi connectivity index (χ1) is 5.52. The average Bonchev–Trinajstić information content (AvgIpc) is 1.96. The van der Waals surface area contributed by atoms with E-state index in [2.05, 4.69) is 4.99 Å². The Balaban J connectivity index is 3.03. The van der Waals surface area contributed by atoms with Crippen LogP contribution in [0.15, 0.2) is 16.8 Å². The van der Waals surface area contributed by atoms with E-state index in [1.54, 1.807) is 0 Å². The molecule has 2 N–H and O–H groups in total. The van der Waals surface area contributed by atoms with Crippen LogP contribution in [0.3, 0.4) is 0 Å². The lowest BCUT2D eigenvalue weighted by Gasteiger charge is -2.13. The van der Waals surface area contributed by atoms with Crippen LogP contribution in [-0.2, 0) is 9.59 Å². The number of hydrogen-bond donors (Lipinski definition) is 2.